The Labute approximate surface area is 122 Å². The summed E-state index contributed by atoms with van der Waals surface area (Å²) in [5, 5.41) is 4.38. The molecule has 19 heavy (non-hydrogen) atoms. The van der Waals surface area contributed by atoms with Crippen LogP contribution in [0.25, 0.3) is 0 Å². The van der Waals surface area contributed by atoms with E-state index in [9.17, 15) is 0 Å². The van der Waals surface area contributed by atoms with Crippen LogP contribution in [0.15, 0.2) is 18.2 Å². The van der Waals surface area contributed by atoms with Gasteiger partial charge in [-0.2, -0.15) is 0 Å². The third kappa shape index (κ3) is 3.32. The van der Waals surface area contributed by atoms with Gasteiger partial charge in [-0.1, -0.05) is 37.9 Å². The first-order valence-corrected chi connectivity index (χ1v) is 7.84. The van der Waals surface area contributed by atoms with Crippen LogP contribution in [0.3, 0.4) is 0 Å². The summed E-state index contributed by atoms with van der Waals surface area (Å²) >= 11 is 6.18. The number of aryl methyl sites for hydroxylation is 1. The second-order valence-corrected chi connectivity index (χ2v) is 6.73. The predicted octanol–water partition coefficient (Wildman–Crippen LogP) is 4.98. The molecule has 4 unspecified atom stereocenters. The zero-order valence-corrected chi connectivity index (χ0v) is 13.3. The number of benzene rings is 1. The van der Waals surface area contributed by atoms with Crippen LogP contribution in [-0.2, 0) is 0 Å². The highest BCUT2D eigenvalue weighted by Crippen LogP contribution is 2.40. The van der Waals surface area contributed by atoms with Crippen LogP contribution in [0.1, 0.15) is 50.3 Å². The first kappa shape index (κ1) is 14.9. The molecule has 106 valence electrons. The molecule has 0 radical (unpaired) electrons. The van der Waals surface area contributed by atoms with Crippen molar-refractivity contribution >= 4 is 11.6 Å². The minimum absolute atomic E-state index is 0.439. The highest BCUT2D eigenvalue weighted by Gasteiger charge is 2.30. The van der Waals surface area contributed by atoms with Crippen molar-refractivity contribution in [1.82, 2.24) is 5.32 Å². The van der Waals surface area contributed by atoms with Gasteiger partial charge in [0.15, 0.2) is 0 Å². The summed E-state index contributed by atoms with van der Waals surface area (Å²) in [6.07, 6.45) is 3.99. The van der Waals surface area contributed by atoms with Gasteiger partial charge in [-0.3, -0.25) is 0 Å². The fourth-order valence-corrected chi connectivity index (χ4v) is 3.66. The summed E-state index contributed by atoms with van der Waals surface area (Å²) in [5.41, 5.74) is 2.72. The van der Waals surface area contributed by atoms with Crippen LogP contribution >= 0.6 is 11.6 Å². The second-order valence-electron chi connectivity index (χ2n) is 6.29. The molecule has 1 nitrogen and oxygen atoms in total. The Kier molecular flexibility index (Phi) is 4.92. The maximum atomic E-state index is 6.18. The summed E-state index contributed by atoms with van der Waals surface area (Å²) in [5.74, 6) is 2.43. The van der Waals surface area contributed by atoms with Gasteiger partial charge in [-0.15, -0.1) is 0 Å². The molecule has 1 N–H and O–H groups in total. The van der Waals surface area contributed by atoms with Crippen LogP contribution in [0.5, 0.6) is 0 Å². The average molecular weight is 280 g/mol. The Hall–Kier alpha value is -0.530. The van der Waals surface area contributed by atoms with E-state index >= 15 is 0 Å². The molecule has 1 fully saturated rings. The lowest BCUT2D eigenvalue weighted by molar-refractivity contribution is 0.174. The molecule has 1 aromatic rings. The number of nitrogens with one attached hydrogen (secondary N) is 1. The van der Waals surface area contributed by atoms with Crippen molar-refractivity contribution in [2.24, 2.45) is 17.8 Å². The number of hydrogen-bond acceptors (Lipinski definition) is 1. The normalized spacial score (nSPS) is 29.2. The first-order chi connectivity index (χ1) is 9.02. The Morgan fingerprint density at radius 1 is 1.21 bits per heavy atom. The zero-order valence-electron chi connectivity index (χ0n) is 12.5. The summed E-state index contributed by atoms with van der Waals surface area (Å²) in [7, 11) is 2.08. The highest BCUT2D eigenvalue weighted by atomic mass is 35.5. The lowest BCUT2D eigenvalue weighted by Crippen LogP contribution is -2.31. The van der Waals surface area contributed by atoms with Gasteiger partial charge in [0.25, 0.3) is 0 Å². The Morgan fingerprint density at radius 2 is 1.95 bits per heavy atom. The van der Waals surface area contributed by atoms with Crippen molar-refractivity contribution in [3.05, 3.63) is 34.3 Å². The molecule has 0 aliphatic heterocycles. The summed E-state index contributed by atoms with van der Waals surface area (Å²) in [4.78, 5) is 0. The molecule has 2 heteroatoms. The molecule has 1 aliphatic carbocycles. The molecular weight excluding hydrogens is 254 g/mol. The van der Waals surface area contributed by atoms with E-state index in [0.29, 0.717) is 6.04 Å². The molecule has 4 atom stereocenters. The molecule has 0 bridgehead atoms. The number of rotatable bonds is 3. The summed E-state index contributed by atoms with van der Waals surface area (Å²) in [6.45, 7) is 6.97. The maximum absolute atomic E-state index is 6.18. The van der Waals surface area contributed by atoms with E-state index in [1.165, 1.54) is 30.4 Å². The van der Waals surface area contributed by atoms with E-state index in [-0.39, 0.29) is 0 Å². The highest BCUT2D eigenvalue weighted by molar-refractivity contribution is 6.30. The average Bonchev–Trinajstić information content (AvgIpc) is 2.38. The quantitative estimate of drug-likeness (QED) is 0.823. The number of halogens is 1. The van der Waals surface area contributed by atoms with Crippen LogP contribution in [0.4, 0.5) is 0 Å². The van der Waals surface area contributed by atoms with E-state index in [1.54, 1.807) is 0 Å². The maximum Gasteiger partial charge on any atom is 0.0409 e. The van der Waals surface area contributed by atoms with Crippen molar-refractivity contribution in [3.63, 3.8) is 0 Å². The van der Waals surface area contributed by atoms with Crippen molar-refractivity contribution in [3.8, 4) is 0 Å². The van der Waals surface area contributed by atoms with Crippen molar-refractivity contribution in [2.45, 2.75) is 46.1 Å². The van der Waals surface area contributed by atoms with Gasteiger partial charge in [0.1, 0.15) is 0 Å². The van der Waals surface area contributed by atoms with E-state index in [1.807, 2.05) is 6.07 Å². The lowest BCUT2D eigenvalue weighted by atomic mass is 9.71. The van der Waals surface area contributed by atoms with Gasteiger partial charge >= 0.3 is 0 Å². The monoisotopic (exact) mass is 279 g/mol. The first-order valence-electron chi connectivity index (χ1n) is 7.46. The smallest absolute Gasteiger partial charge is 0.0409 e. The molecule has 0 spiro atoms. The van der Waals surface area contributed by atoms with Gasteiger partial charge in [-0.25, -0.2) is 0 Å². The standard InChI is InChI=1S/C17H26ClN/c1-11-5-7-14(9-13(11)3)17(19-4)16-10-15(18)8-6-12(16)2/h6,8,10-11,13-14,17,19H,5,7,9H2,1-4H3. The minimum Gasteiger partial charge on any atom is -0.313 e. The molecule has 1 aromatic carbocycles. The van der Waals surface area contributed by atoms with Gasteiger partial charge in [-0.05, 0) is 67.8 Å². The fourth-order valence-electron chi connectivity index (χ4n) is 3.48. The summed E-state index contributed by atoms with van der Waals surface area (Å²) < 4.78 is 0. The Balaban J connectivity index is 2.22. The van der Waals surface area contributed by atoms with Crippen molar-refractivity contribution < 1.29 is 0 Å². The molecule has 1 aliphatic rings. The molecule has 0 heterocycles. The summed E-state index contributed by atoms with van der Waals surface area (Å²) in [6, 6.07) is 6.70. The van der Waals surface area contributed by atoms with Gasteiger partial charge in [0.05, 0.1) is 0 Å². The van der Waals surface area contributed by atoms with Crippen molar-refractivity contribution in [1.29, 1.82) is 0 Å². The molecule has 0 saturated heterocycles. The topological polar surface area (TPSA) is 12.0 Å². The zero-order chi connectivity index (χ0) is 14.0. The van der Waals surface area contributed by atoms with E-state index in [0.717, 1.165) is 22.8 Å². The predicted molar refractivity (Wildman–Crippen MR) is 83.7 cm³/mol. The third-order valence-corrected chi connectivity index (χ3v) is 5.23. The van der Waals surface area contributed by atoms with Crippen LogP contribution in [0.2, 0.25) is 5.02 Å². The van der Waals surface area contributed by atoms with Crippen LogP contribution in [0, 0.1) is 24.7 Å². The molecule has 0 aromatic heterocycles. The van der Waals surface area contributed by atoms with E-state index < -0.39 is 0 Å². The molecule has 2 rings (SSSR count). The van der Waals surface area contributed by atoms with Gasteiger partial charge in [0, 0.05) is 11.1 Å². The molecule has 0 amide bonds. The van der Waals surface area contributed by atoms with E-state index in [2.05, 4.69) is 45.3 Å². The SMILES string of the molecule is CNC(c1cc(Cl)ccc1C)C1CCC(C)C(C)C1. The molecule has 1 saturated carbocycles. The van der Waals surface area contributed by atoms with Crippen molar-refractivity contribution in [2.75, 3.05) is 7.05 Å². The van der Waals surface area contributed by atoms with E-state index in [4.69, 9.17) is 11.6 Å². The molecular formula is C17H26ClN. The van der Waals surface area contributed by atoms with Gasteiger partial charge < -0.3 is 5.32 Å². The largest absolute Gasteiger partial charge is 0.313 e. The Morgan fingerprint density at radius 3 is 2.58 bits per heavy atom. The van der Waals surface area contributed by atoms with Gasteiger partial charge in [0.2, 0.25) is 0 Å². The van der Waals surface area contributed by atoms with Crippen LogP contribution < -0.4 is 5.32 Å². The third-order valence-electron chi connectivity index (χ3n) is 5.00. The number of hydrogen-bond donors (Lipinski definition) is 1. The van der Waals surface area contributed by atoms with Crippen LogP contribution in [-0.4, -0.2) is 7.05 Å². The lowest BCUT2D eigenvalue weighted by Gasteiger charge is -2.37. The Bertz CT molecular complexity index is 429. The second kappa shape index (κ2) is 6.28. The minimum atomic E-state index is 0.439. The fraction of sp³-hybridized carbons (Fsp3) is 0.647.